The van der Waals surface area contributed by atoms with Crippen molar-refractivity contribution in [3.05, 3.63) is 73.1 Å². The van der Waals surface area contributed by atoms with Crippen molar-refractivity contribution >= 4 is 47.4 Å². The number of rotatable bonds is 3. The summed E-state index contributed by atoms with van der Waals surface area (Å²) in [6, 6.07) is 21.6. The summed E-state index contributed by atoms with van der Waals surface area (Å²) in [7, 11) is -3.43. The molecular weight excluding hydrogens is 348 g/mol. The van der Waals surface area contributed by atoms with Gasteiger partial charge in [-0.3, -0.25) is 9.97 Å². The Morgan fingerprint density at radius 1 is 0.577 bits per heavy atom. The molecule has 130 valence electrons. The Balaban J connectivity index is 1.82. The first-order valence-electron chi connectivity index (χ1n) is 9.10. The SMILES string of the molecule is C[Si](C)(c1cnc2ccccc2c1)[Si](C)(C)c1cnc2ccccc2c1. The number of aromatic nitrogens is 2. The zero-order valence-corrected chi connectivity index (χ0v) is 17.8. The maximum atomic E-state index is 4.75. The van der Waals surface area contributed by atoms with Crippen molar-refractivity contribution < 1.29 is 0 Å². The largest absolute Gasteiger partial charge is 0.256 e. The minimum Gasteiger partial charge on any atom is -0.256 e. The molecule has 0 aliphatic carbocycles. The van der Waals surface area contributed by atoms with E-state index in [-0.39, 0.29) is 0 Å². The zero-order chi connectivity index (χ0) is 18.4. The number of nitrogens with zero attached hydrogens (tertiary/aromatic N) is 2. The third-order valence-electron chi connectivity index (χ3n) is 6.19. The normalized spacial score (nSPS) is 12.6. The van der Waals surface area contributed by atoms with Crippen LogP contribution in [0.25, 0.3) is 21.8 Å². The molecule has 4 rings (SSSR count). The third kappa shape index (κ3) is 2.70. The smallest absolute Gasteiger partial charge is 0.0812 e. The molecule has 26 heavy (non-hydrogen) atoms. The summed E-state index contributed by atoms with van der Waals surface area (Å²) in [5, 5.41) is 5.38. The summed E-state index contributed by atoms with van der Waals surface area (Å²) < 4.78 is 0. The summed E-state index contributed by atoms with van der Waals surface area (Å²) in [5.74, 6) is 0. The fourth-order valence-corrected chi connectivity index (χ4v) is 11.9. The van der Waals surface area contributed by atoms with E-state index >= 15 is 0 Å². The second-order valence-electron chi connectivity index (χ2n) is 8.08. The van der Waals surface area contributed by atoms with Crippen molar-refractivity contribution in [2.45, 2.75) is 26.2 Å². The highest BCUT2D eigenvalue weighted by molar-refractivity contribution is 7.50. The standard InChI is InChI=1S/C22H24N2Si2/c1-25(2,19-13-17-9-5-7-11-21(17)23-15-19)26(3,4)20-14-18-10-6-8-12-22(18)24-16-20/h5-16H,1-4H3. The lowest BCUT2D eigenvalue weighted by molar-refractivity contribution is 1.42. The van der Waals surface area contributed by atoms with Crippen LogP contribution in [-0.2, 0) is 0 Å². The van der Waals surface area contributed by atoms with Crippen LogP contribution >= 0.6 is 0 Å². The summed E-state index contributed by atoms with van der Waals surface area (Å²) in [6.07, 6.45) is 4.25. The molecule has 2 aromatic heterocycles. The Kier molecular flexibility index (Phi) is 4.05. The van der Waals surface area contributed by atoms with Crippen LogP contribution in [-0.4, -0.2) is 25.2 Å². The molecule has 0 bridgehead atoms. The average molecular weight is 373 g/mol. The summed E-state index contributed by atoms with van der Waals surface area (Å²) >= 11 is 0. The highest BCUT2D eigenvalue weighted by atomic mass is 29.3. The first-order valence-corrected chi connectivity index (χ1v) is 16.1. The van der Waals surface area contributed by atoms with Gasteiger partial charge < -0.3 is 0 Å². The van der Waals surface area contributed by atoms with Gasteiger partial charge in [0.2, 0.25) is 0 Å². The molecule has 0 spiro atoms. The first-order chi connectivity index (χ1) is 12.4. The predicted octanol–water partition coefficient (Wildman–Crippen LogP) is 4.39. The van der Waals surface area contributed by atoms with Crippen molar-refractivity contribution in [3.63, 3.8) is 0 Å². The van der Waals surface area contributed by atoms with Crippen LogP contribution in [0.3, 0.4) is 0 Å². The molecule has 2 aromatic carbocycles. The van der Waals surface area contributed by atoms with Gasteiger partial charge in [0, 0.05) is 23.2 Å². The average Bonchev–Trinajstić information content (AvgIpc) is 2.67. The lowest BCUT2D eigenvalue weighted by Gasteiger charge is -2.39. The molecule has 0 atom stereocenters. The molecule has 0 saturated heterocycles. The van der Waals surface area contributed by atoms with Crippen molar-refractivity contribution in [2.24, 2.45) is 0 Å². The molecule has 2 nitrogen and oxygen atoms in total. The minimum atomic E-state index is -1.72. The number of hydrogen-bond acceptors (Lipinski definition) is 2. The van der Waals surface area contributed by atoms with Crippen LogP contribution in [0.2, 0.25) is 26.2 Å². The molecule has 0 amide bonds. The van der Waals surface area contributed by atoms with Gasteiger partial charge in [-0.15, -0.1) is 0 Å². The van der Waals surface area contributed by atoms with Crippen molar-refractivity contribution in [2.75, 3.05) is 0 Å². The van der Waals surface area contributed by atoms with E-state index in [1.807, 2.05) is 0 Å². The number of pyridine rings is 2. The van der Waals surface area contributed by atoms with E-state index in [0.717, 1.165) is 11.0 Å². The summed E-state index contributed by atoms with van der Waals surface area (Å²) in [6.45, 7) is 10.0. The Labute approximate surface area is 156 Å². The Bertz CT molecular complexity index is 1010. The minimum absolute atomic E-state index is 1.08. The molecule has 4 heteroatoms. The van der Waals surface area contributed by atoms with Gasteiger partial charge in [0.1, 0.15) is 0 Å². The number of fused-ring (bicyclic) bond motifs is 2. The second-order valence-corrected chi connectivity index (χ2v) is 23.2. The van der Waals surface area contributed by atoms with E-state index in [2.05, 4.69) is 99.2 Å². The molecule has 0 fully saturated rings. The third-order valence-corrected chi connectivity index (χ3v) is 23.9. The van der Waals surface area contributed by atoms with E-state index in [0.29, 0.717) is 0 Å². The fourth-order valence-electron chi connectivity index (χ4n) is 3.55. The molecule has 0 aliphatic heterocycles. The highest BCUT2D eigenvalue weighted by Crippen LogP contribution is 2.22. The molecule has 0 N–H and O–H groups in total. The van der Waals surface area contributed by atoms with E-state index in [9.17, 15) is 0 Å². The van der Waals surface area contributed by atoms with E-state index in [1.54, 1.807) is 0 Å². The van der Waals surface area contributed by atoms with Gasteiger partial charge in [-0.25, -0.2) is 0 Å². The van der Waals surface area contributed by atoms with Crippen molar-refractivity contribution in [3.8, 4) is 0 Å². The van der Waals surface area contributed by atoms with E-state index in [1.165, 1.54) is 21.1 Å². The molecule has 0 aliphatic rings. The molecule has 4 aromatic rings. The van der Waals surface area contributed by atoms with Crippen molar-refractivity contribution in [1.29, 1.82) is 0 Å². The Morgan fingerprint density at radius 2 is 0.962 bits per heavy atom. The van der Waals surface area contributed by atoms with Gasteiger partial charge in [0.25, 0.3) is 0 Å². The van der Waals surface area contributed by atoms with Gasteiger partial charge in [-0.2, -0.15) is 0 Å². The molecule has 0 unspecified atom stereocenters. The van der Waals surface area contributed by atoms with Gasteiger partial charge in [0.15, 0.2) is 0 Å². The molecule has 2 heterocycles. The molecular formula is C22H24N2Si2. The fraction of sp³-hybridized carbons (Fsp3) is 0.182. The van der Waals surface area contributed by atoms with Crippen molar-refractivity contribution in [1.82, 2.24) is 9.97 Å². The highest BCUT2D eigenvalue weighted by Gasteiger charge is 2.44. The number of hydrogen-bond donors (Lipinski definition) is 0. The van der Waals surface area contributed by atoms with Gasteiger partial charge in [-0.1, -0.05) is 74.7 Å². The van der Waals surface area contributed by atoms with Crippen LogP contribution < -0.4 is 10.4 Å². The van der Waals surface area contributed by atoms with Gasteiger partial charge in [0.05, 0.1) is 26.2 Å². The Morgan fingerprint density at radius 3 is 1.38 bits per heavy atom. The molecule has 0 radical (unpaired) electrons. The summed E-state index contributed by atoms with van der Waals surface area (Å²) in [4.78, 5) is 9.49. The lowest BCUT2D eigenvalue weighted by Crippen LogP contribution is -2.69. The number of benzene rings is 2. The van der Waals surface area contributed by atoms with Crippen LogP contribution in [0.4, 0.5) is 0 Å². The monoisotopic (exact) mass is 372 g/mol. The predicted molar refractivity (Wildman–Crippen MR) is 118 cm³/mol. The zero-order valence-electron chi connectivity index (χ0n) is 15.8. The van der Waals surface area contributed by atoms with E-state index < -0.39 is 15.2 Å². The number of para-hydroxylation sites is 2. The topological polar surface area (TPSA) is 25.8 Å². The van der Waals surface area contributed by atoms with Gasteiger partial charge in [-0.05, 0) is 22.5 Å². The van der Waals surface area contributed by atoms with Crippen LogP contribution in [0.15, 0.2) is 73.1 Å². The Hall–Kier alpha value is -2.31. The van der Waals surface area contributed by atoms with Crippen LogP contribution in [0, 0.1) is 0 Å². The van der Waals surface area contributed by atoms with E-state index in [4.69, 9.17) is 9.97 Å². The van der Waals surface area contributed by atoms with Gasteiger partial charge >= 0.3 is 0 Å². The second kappa shape index (κ2) is 6.14. The summed E-state index contributed by atoms with van der Waals surface area (Å²) in [5.41, 5.74) is 2.15. The maximum Gasteiger partial charge on any atom is 0.0812 e. The van der Waals surface area contributed by atoms with Crippen LogP contribution in [0.1, 0.15) is 0 Å². The maximum absolute atomic E-state index is 4.75. The lowest BCUT2D eigenvalue weighted by atomic mass is 10.2. The molecule has 0 saturated carbocycles. The van der Waals surface area contributed by atoms with Crippen LogP contribution in [0.5, 0.6) is 0 Å². The first kappa shape index (κ1) is 17.1. The quantitative estimate of drug-likeness (QED) is 0.498.